The van der Waals surface area contributed by atoms with Crippen molar-refractivity contribution in [2.24, 2.45) is 0 Å². The molecule has 3 N–H and O–H groups in total. The van der Waals surface area contributed by atoms with Crippen LogP contribution in [0.1, 0.15) is 10.4 Å². The van der Waals surface area contributed by atoms with Gasteiger partial charge in [-0.05, 0) is 77.9 Å². The maximum absolute atomic E-state index is 13.1. The molecule has 188 valence electrons. The SMILES string of the molecule is O=C(Nc1cccc(Nc2ccncc2)c1)c1cccc(Nc2ccnc3ccc(-c4ccccc4)cc23)c1. The summed E-state index contributed by atoms with van der Waals surface area (Å²) < 4.78 is 0. The van der Waals surface area contributed by atoms with E-state index in [4.69, 9.17) is 0 Å². The molecular formula is C33H25N5O. The van der Waals surface area contributed by atoms with Crippen LogP contribution in [-0.4, -0.2) is 15.9 Å². The Morgan fingerprint density at radius 3 is 2.18 bits per heavy atom. The minimum Gasteiger partial charge on any atom is -0.355 e. The number of amides is 1. The summed E-state index contributed by atoms with van der Waals surface area (Å²) >= 11 is 0. The highest BCUT2D eigenvalue weighted by Crippen LogP contribution is 2.30. The molecule has 0 aliphatic heterocycles. The molecule has 1 amide bonds. The molecule has 0 bridgehead atoms. The number of aromatic nitrogens is 2. The Kier molecular flexibility index (Phi) is 6.65. The maximum Gasteiger partial charge on any atom is 0.255 e. The van der Waals surface area contributed by atoms with Crippen molar-refractivity contribution < 1.29 is 4.79 Å². The first-order valence-corrected chi connectivity index (χ1v) is 12.6. The van der Waals surface area contributed by atoms with Crippen molar-refractivity contribution in [3.63, 3.8) is 0 Å². The van der Waals surface area contributed by atoms with Crippen LogP contribution in [-0.2, 0) is 0 Å². The average Bonchev–Trinajstić information content (AvgIpc) is 2.98. The number of rotatable bonds is 7. The van der Waals surface area contributed by atoms with Crippen LogP contribution < -0.4 is 16.0 Å². The van der Waals surface area contributed by atoms with Gasteiger partial charge in [0, 0.05) is 58.0 Å². The topological polar surface area (TPSA) is 78.9 Å². The quantitative estimate of drug-likeness (QED) is 0.204. The summed E-state index contributed by atoms with van der Waals surface area (Å²) in [6.07, 6.45) is 5.24. The van der Waals surface area contributed by atoms with Crippen LogP contribution in [0.3, 0.4) is 0 Å². The van der Waals surface area contributed by atoms with E-state index in [1.165, 1.54) is 0 Å². The lowest BCUT2D eigenvalue weighted by Gasteiger charge is -2.13. The Morgan fingerprint density at radius 2 is 1.33 bits per heavy atom. The maximum atomic E-state index is 13.1. The molecule has 0 radical (unpaired) electrons. The molecule has 0 unspecified atom stereocenters. The van der Waals surface area contributed by atoms with Gasteiger partial charge in [-0.15, -0.1) is 0 Å². The monoisotopic (exact) mass is 507 g/mol. The van der Waals surface area contributed by atoms with Gasteiger partial charge >= 0.3 is 0 Å². The van der Waals surface area contributed by atoms with Gasteiger partial charge in [-0.3, -0.25) is 14.8 Å². The zero-order valence-corrected chi connectivity index (χ0v) is 21.0. The summed E-state index contributed by atoms with van der Waals surface area (Å²) in [4.78, 5) is 21.7. The smallest absolute Gasteiger partial charge is 0.255 e. The molecule has 39 heavy (non-hydrogen) atoms. The van der Waals surface area contributed by atoms with Crippen molar-refractivity contribution in [2.45, 2.75) is 0 Å². The van der Waals surface area contributed by atoms with Gasteiger partial charge in [-0.2, -0.15) is 0 Å². The van der Waals surface area contributed by atoms with Gasteiger partial charge in [0.25, 0.3) is 5.91 Å². The Labute approximate surface area is 226 Å². The highest BCUT2D eigenvalue weighted by atomic mass is 16.1. The summed E-state index contributed by atoms with van der Waals surface area (Å²) in [6.45, 7) is 0. The normalized spacial score (nSPS) is 10.7. The molecule has 2 aromatic heterocycles. The predicted octanol–water partition coefficient (Wildman–Crippen LogP) is 8.04. The molecule has 0 aliphatic rings. The Bertz CT molecular complexity index is 1750. The summed E-state index contributed by atoms with van der Waals surface area (Å²) in [6, 6.07) is 37.3. The van der Waals surface area contributed by atoms with Crippen LogP contribution in [0.25, 0.3) is 22.0 Å². The molecule has 0 aliphatic carbocycles. The van der Waals surface area contributed by atoms with E-state index in [1.54, 1.807) is 24.7 Å². The highest BCUT2D eigenvalue weighted by molar-refractivity contribution is 6.05. The Hall–Kier alpha value is -5.49. The molecule has 0 atom stereocenters. The third kappa shape index (κ3) is 5.60. The summed E-state index contributed by atoms with van der Waals surface area (Å²) in [5, 5.41) is 10.8. The Morgan fingerprint density at radius 1 is 0.564 bits per heavy atom. The van der Waals surface area contributed by atoms with Gasteiger partial charge in [0.2, 0.25) is 0 Å². The first-order chi connectivity index (χ1) is 19.2. The number of nitrogens with one attached hydrogen (secondary N) is 3. The van der Waals surface area contributed by atoms with Gasteiger partial charge in [0.15, 0.2) is 0 Å². The number of nitrogens with zero attached hydrogens (tertiary/aromatic N) is 2. The second-order valence-electron chi connectivity index (χ2n) is 9.06. The number of pyridine rings is 2. The Balaban J connectivity index is 1.21. The van der Waals surface area contributed by atoms with Crippen LogP contribution in [0.4, 0.5) is 28.4 Å². The second kappa shape index (κ2) is 10.9. The lowest BCUT2D eigenvalue weighted by molar-refractivity contribution is 0.102. The van der Waals surface area contributed by atoms with E-state index in [1.807, 2.05) is 84.9 Å². The zero-order chi connectivity index (χ0) is 26.4. The van der Waals surface area contributed by atoms with E-state index in [9.17, 15) is 4.79 Å². The number of fused-ring (bicyclic) bond motifs is 1. The minimum atomic E-state index is -0.189. The molecular weight excluding hydrogens is 482 g/mol. The van der Waals surface area contributed by atoms with Crippen LogP contribution in [0, 0.1) is 0 Å². The number of carbonyl (C=O) groups excluding carboxylic acids is 1. The van der Waals surface area contributed by atoms with Crippen LogP contribution in [0.15, 0.2) is 134 Å². The summed E-state index contributed by atoms with van der Waals surface area (Å²) in [5.74, 6) is -0.189. The van der Waals surface area contributed by atoms with E-state index in [-0.39, 0.29) is 5.91 Å². The summed E-state index contributed by atoms with van der Waals surface area (Å²) in [5.41, 5.74) is 7.94. The van der Waals surface area contributed by atoms with E-state index in [0.717, 1.165) is 44.8 Å². The third-order valence-corrected chi connectivity index (χ3v) is 6.34. The zero-order valence-electron chi connectivity index (χ0n) is 21.0. The van der Waals surface area contributed by atoms with Crippen LogP contribution in [0.2, 0.25) is 0 Å². The number of carbonyl (C=O) groups is 1. The first-order valence-electron chi connectivity index (χ1n) is 12.6. The molecule has 0 spiro atoms. The largest absolute Gasteiger partial charge is 0.355 e. The lowest BCUT2D eigenvalue weighted by Crippen LogP contribution is -2.12. The van der Waals surface area contributed by atoms with E-state index in [0.29, 0.717) is 11.3 Å². The van der Waals surface area contributed by atoms with Crippen molar-refractivity contribution in [3.8, 4) is 11.1 Å². The fraction of sp³-hybridized carbons (Fsp3) is 0. The highest BCUT2D eigenvalue weighted by Gasteiger charge is 2.10. The number of benzene rings is 4. The number of hydrogen-bond acceptors (Lipinski definition) is 5. The molecule has 4 aromatic carbocycles. The first kappa shape index (κ1) is 23.9. The van der Waals surface area contributed by atoms with Crippen molar-refractivity contribution in [3.05, 3.63) is 139 Å². The second-order valence-corrected chi connectivity index (χ2v) is 9.06. The predicted molar refractivity (Wildman–Crippen MR) is 159 cm³/mol. The van der Waals surface area contributed by atoms with Gasteiger partial charge < -0.3 is 16.0 Å². The molecule has 2 heterocycles. The average molecular weight is 508 g/mol. The van der Waals surface area contributed by atoms with Gasteiger partial charge in [-0.25, -0.2) is 0 Å². The minimum absolute atomic E-state index is 0.189. The molecule has 6 aromatic rings. The molecule has 0 saturated carbocycles. The lowest BCUT2D eigenvalue weighted by atomic mass is 10.0. The molecule has 6 rings (SSSR count). The van der Waals surface area contributed by atoms with Crippen molar-refractivity contribution in [2.75, 3.05) is 16.0 Å². The molecule has 0 saturated heterocycles. The van der Waals surface area contributed by atoms with Crippen molar-refractivity contribution in [1.29, 1.82) is 0 Å². The van der Waals surface area contributed by atoms with Gasteiger partial charge in [-0.1, -0.05) is 48.5 Å². The van der Waals surface area contributed by atoms with E-state index >= 15 is 0 Å². The standard InChI is InChI=1S/C33H25N5O/c39-33(38-29-11-5-10-28(22-29)36-26-14-17-34-18-15-26)25-8-4-9-27(20-25)37-32-16-19-35-31-13-12-24(21-30(31)32)23-6-2-1-3-7-23/h1-22H,(H,34,36)(H,35,37)(H,38,39). The fourth-order valence-electron chi connectivity index (χ4n) is 4.44. The van der Waals surface area contributed by atoms with Gasteiger partial charge in [0.05, 0.1) is 5.52 Å². The third-order valence-electron chi connectivity index (χ3n) is 6.34. The number of anilines is 5. The van der Waals surface area contributed by atoms with Crippen LogP contribution in [0.5, 0.6) is 0 Å². The molecule has 0 fully saturated rings. The van der Waals surface area contributed by atoms with E-state index < -0.39 is 0 Å². The van der Waals surface area contributed by atoms with Crippen LogP contribution >= 0.6 is 0 Å². The number of hydrogen-bond donors (Lipinski definition) is 3. The van der Waals surface area contributed by atoms with Crippen molar-refractivity contribution >= 4 is 45.2 Å². The molecule has 6 nitrogen and oxygen atoms in total. The van der Waals surface area contributed by atoms with E-state index in [2.05, 4.69) is 50.2 Å². The fourth-order valence-corrected chi connectivity index (χ4v) is 4.44. The summed E-state index contributed by atoms with van der Waals surface area (Å²) in [7, 11) is 0. The van der Waals surface area contributed by atoms with Gasteiger partial charge in [0.1, 0.15) is 0 Å². The van der Waals surface area contributed by atoms with Crippen molar-refractivity contribution in [1.82, 2.24) is 9.97 Å². The molecule has 6 heteroatoms.